The van der Waals surface area contributed by atoms with Crippen LogP contribution in [0.15, 0.2) is 22.7 Å². The average molecular weight is 426 g/mol. The van der Waals surface area contributed by atoms with Crippen LogP contribution in [-0.4, -0.2) is 29.2 Å². The van der Waals surface area contributed by atoms with Gasteiger partial charge in [0.05, 0.1) is 20.9 Å². The Labute approximate surface area is 161 Å². The molecule has 2 heterocycles. The lowest BCUT2D eigenvalue weighted by molar-refractivity contribution is 0.102. The van der Waals surface area contributed by atoms with Gasteiger partial charge in [-0.25, -0.2) is 0 Å². The van der Waals surface area contributed by atoms with Gasteiger partial charge in [-0.1, -0.05) is 25.4 Å². The molecule has 0 saturated carbocycles. The zero-order chi connectivity index (χ0) is 18.0. The minimum absolute atomic E-state index is 0.252. The van der Waals surface area contributed by atoms with E-state index >= 15 is 0 Å². The number of carbonyl (C=O) groups is 1. The van der Waals surface area contributed by atoms with E-state index < -0.39 is 0 Å². The molecule has 2 N–H and O–H groups in total. The van der Waals surface area contributed by atoms with Crippen molar-refractivity contribution in [1.82, 2.24) is 10.2 Å². The SMILES string of the molecule is CC(C)c1[nH]nc(C(=O)Nc2ccc(N3CCCCC3)c(Cl)c2)c1Br. The van der Waals surface area contributed by atoms with Crippen LogP contribution in [0.1, 0.15) is 55.2 Å². The van der Waals surface area contributed by atoms with Crippen LogP contribution in [0, 0.1) is 0 Å². The highest BCUT2D eigenvalue weighted by Gasteiger charge is 2.20. The Kier molecular flexibility index (Phi) is 5.69. The van der Waals surface area contributed by atoms with Crippen molar-refractivity contribution in [1.29, 1.82) is 0 Å². The van der Waals surface area contributed by atoms with Crippen LogP contribution in [0.5, 0.6) is 0 Å². The van der Waals surface area contributed by atoms with Gasteiger partial charge < -0.3 is 10.2 Å². The molecule has 5 nitrogen and oxygen atoms in total. The molecule has 0 spiro atoms. The third-order valence-electron chi connectivity index (χ3n) is 4.43. The lowest BCUT2D eigenvalue weighted by Gasteiger charge is -2.29. The molecular formula is C18H22BrClN4O. The first-order valence-electron chi connectivity index (χ1n) is 8.57. The van der Waals surface area contributed by atoms with Gasteiger partial charge in [-0.2, -0.15) is 5.10 Å². The number of H-pyrrole nitrogens is 1. The number of hydrogen-bond donors (Lipinski definition) is 2. The molecule has 7 heteroatoms. The maximum atomic E-state index is 12.5. The minimum atomic E-state index is -0.267. The van der Waals surface area contributed by atoms with E-state index in [9.17, 15) is 4.79 Å². The summed E-state index contributed by atoms with van der Waals surface area (Å²) in [4.78, 5) is 14.8. The molecule has 0 unspecified atom stereocenters. The van der Waals surface area contributed by atoms with E-state index in [0.29, 0.717) is 20.9 Å². The fourth-order valence-electron chi connectivity index (χ4n) is 3.04. The molecule has 0 aliphatic carbocycles. The minimum Gasteiger partial charge on any atom is -0.370 e. The summed E-state index contributed by atoms with van der Waals surface area (Å²) in [6.07, 6.45) is 3.67. The third-order valence-corrected chi connectivity index (χ3v) is 5.53. The predicted octanol–water partition coefficient (Wildman–Crippen LogP) is 5.19. The Morgan fingerprint density at radius 2 is 2.04 bits per heavy atom. The van der Waals surface area contributed by atoms with Crippen molar-refractivity contribution < 1.29 is 4.79 Å². The summed E-state index contributed by atoms with van der Waals surface area (Å²) in [5.41, 5.74) is 2.95. The fourth-order valence-corrected chi connectivity index (χ4v) is 4.16. The Morgan fingerprint density at radius 3 is 2.64 bits per heavy atom. The second kappa shape index (κ2) is 7.79. The lowest BCUT2D eigenvalue weighted by atomic mass is 10.1. The van der Waals surface area contributed by atoms with Crippen LogP contribution in [0.3, 0.4) is 0 Å². The van der Waals surface area contributed by atoms with Crippen LogP contribution >= 0.6 is 27.5 Å². The van der Waals surface area contributed by atoms with Gasteiger partial charge in [-0.05, 0) is 59.3 Å². The first-order chi connectivity index (χ1) is 12.0. The normalized spacial score (nSPS) is 14.8. The van der Waals surface area contributed by atoms with Gasteiger partial charge in [0.25, 0.3) is 5.91 Å². The van der Waals surface area contributed by atoms with Crippen LogP contribution < -0.4 is 10.2 Å². The lowest BCUT2D eigenvalue weighted by Crippen LogP contribution is -2.29. The van der Waals surface area contributed by atoms with Crippen molar-refractivity contribution in [2.24, 2.45) is 0 Å². The van der Waals surface area contributed by atoms with Gasteiger partial charge in [0, 0.05) is 18.8 Å². The zero-order valence-corrected chi connectivity index (χ0v) is 16.7. The molecule has 0 radical (unpaired) electrons. The van der Waals surface area contributed by atoms with Crippen molar-refractivity contribution in [2.75, 3.05) is 23.3 Å². The Bertz CT molecular complexity index is 768. The zero-order valence-electron chi connectivity index (χ0n) is 14.4. The fraction of sp³-hybridized carbons (Fsp3) is 0.444. The van der Waals surface area contributed by atoms with Crippen LogP contribution in [0.2, 0.25) is 5.02 Å². The molecule has 1 aromatic heterocycles. The average Bonchev–Trinajstić information content (AvgIpc) is 2.97. The number of aromatic amines is 1. The summed E-state index contributed by atoms with van der Waals surface area (Å²) >= 11 is 9.90. The number of nitrogens with one attached hydrogen (secondary N) is 2. The van der Waals surface area contributed by atoms with Gasteiger partial charge in [-0.3, -0.25) is 9.89 Å². The summed E-state index contributed by atoms with van der Waals surface area (Å²) in [6.45, 7) is 6.14. The molecule has 1 fully saturated rings. The highest BCUT2D eigenvalue weighted by atomic mass is 79.9. The maximum Gasteiger partial charge on any atom is 0.277 e. The number of aromatic nitrogens is 2. The standard InChI is InChI=1S/C18H22BrClN4O/c1-11(2)16-15(19)17(23-22-16)18(25)21-12-6-7-14(13(20)10-12)24-8-4-3-5-9-24/h6-7,10-11H,3-5,8-9H2,1-2H3,(H,21,25)(H,22,23). The molecule has 0 atom stereocenters. The van der Waals surface area contributed by atoms with E-state index in [4.69, 9.17) is 11.6 Å². The van der Waals surface area contributed by atoms with Gasteiger partial charge >= 0.3 is 0 Å². The van der Waals surface area contributed by atoms with Crippen molar-refractivity contribution >= 4 is 44.8 Å². The largest absolute Gasteiger partial charge is 0.370 e. The van der Waals surface area contributed by atoms with E-state index in [1.54, 1.807) is 6.07 Å². The van der Waals surface area contributed by atoms with Crippen LogP contribution in [0.4, 0.5) is 11.4 Å². The number of anilines is 2. The molecular weight excluding hydrogens is 404 g/mol. The molecule has 1 aromatic carbocycles. The number of carbonyl (C=O) groups excluding carboxylic acids is 1. The molecule has 1 aliphatic heterocycles. The number of halogens is 2. The summed E-state index contributed by atoms with van der Waals surface area (Å²) in [5.74, 6) is -0.0153. The smallest absolute Gasteiger partial charge is 0.277 e. The Hall–Kier alpha value is -1.53. The highest BCUT2D eigenvalue weighted by molar-refractivity contribution is 9.10. The predicted molar refractivity (Wildman–Crippen MR) is 106 cm³/mol. The number of hydrogen-bond acceptors (Lipinski definition) is 3. The molecule has 25 heavy (non-hydrogen) atoms. The Balaban J connectivity index is 1.74. The Morgan fingerprint density at radius 1 is 1.32 bits per heavy atom. The van der Waals surface area contributed by atoms with Crippen molar-refractivity contribution in [3.05, 3.63) is 39.1 Å². The van der Waals surface area contributed by atoms with E-state index in [0.717, 1.165) is 24.5 Å². The highest BCUT2D eigenvalue weighted by Crippen LogP contribution is 2.31. The van der Waals surface area contributed by atoms with Crippen molar-refractivity contribution in [2.45, 2.75) is 39.0 Å². The summed E-state index contributed by atoms with van der Waals surface area (Å²) in [6, 6.07) is 5.66. The van der Waals surface area contributed by atoms with Crippen LogP contribution in [0.25, 0.3) is 0 Å². The second-order valence-electron chi connectivity index (χ2n) is 6.62. The van der Waals surface area contributed by atoms with Gasteiger partial charge in [-0.15, -0.1) is 0 Å². The molecule has 134 valence electrons. The molecule has 1 amide bonds. The third kappa shape index (κ3) is 4.01. The second-order valence-corrected chi connectivity index (χ2v) is 7.82. The van der Waals surface area contributed by atoms with Gasteiger partial charge in [0.15, 0.2) is 5.69 Å². The van der Waals surface area contributed by atoms with Crippen LogP contribution in [-0.2, 0) is 0 Å². The first kappa shape index (κ1) is 18.3. The van der Waals surface area contributed by atoms with E-state index in [-0.39, 0.29) is 11.8 Å². The van der Waals surface area contributed by atoms with Gasteiger partial charge in [0.1, 0.15) is 0 Å². The molecule has 0 bridgehead atoms. The van der Waals surface area contributed by atoms with Crippen molar-refractivity contribution in [3.8, 4) is 0 Å². The summed E-state index contributed by atoms with van der Waals surface area (Å²) in [5, 5.41) is 10.6. The topological polar surface area (TPSA) is 61.0 Å². The van der Waals surface area contributed by atoms with Gasteiger partial charge in [0.2, 0.25) is 0 Å². The summed E-state index contributed by atoms with van der Waals surface area (Å²) < 4.78 is 0.705. The number of rotatable bonds is 4. The quantitative estimate of drug-likeness (QED) is 0.708. The maximum absolute atomic E-state index is 12.5. The van der Waals surface area contributed by atoms with E-state index in [1.807, 2.05) is 26.0 Å². The number of piperidine rings is 1. The first-order valence-corrected chi connectivity index (χ1v) is 9.74. The molecule has 1 aliphatic rings. The summed E-state index contributed by atoms with van der Waals surface area (Å²) in [7, 11) is 0. The van der Waals surface area contributed by atoms with E-state index in [2.05, 4.69) is 36.3 Å². The molecule has 3 rings (SSSR count). The van der Waals surface area contributed by atoms with E-state index in [1.165, 1.54) is 19.3 Å². The monoisotopic (exact) mass is 424 g/mol. The van der Waals surface area contributed by atoms with Crippen molar-refractivity contribution in [3.63, 3.8) is 0 Å². The number of amides is 1. The molecule has 1 saturated heterocycles. The number of benzene rings is 1. The molecule has 2 aromatic rings. The number of nitrogens with zero attached hydrogens (tertiary/aromatic N) is 2.